The highest BCUT2D eigenvalue weighted by atomic mass is 79.9. The number of hydrogen-bond donors (Lipinski definition) is 1. The molecule has 5 heteroatoms. The van der Waals surface area contributed by atoms with Gasteiger partial charge in [0.25, 0.3) is 0 Å². The number of nitrogens with two attached hydrogens (primary N) is 1. The monoisotopic (exact) mass is 335 g/mol. The Balaban J connectivity index is 1.63. The van der Waals surface area contributed by atoms with Crippen LogP contribution >= 0.6 is 15.9 Å². The van der Waals surface area contributed by atoms with Crippen LogP contribution in [0.1, 0.15) is 11.1 Å². The van der Waals surface area contributed by atoms with Gasteiger partial charge >= 0.3 is 0 Å². The minimum Gasteiger partial charge on any atom is -0.454 e. The predicted octanol–water partition coefficient (Wildman–Crippen LogP) is 3.48. The number of ether oxygens (including phenoxy) is 3. The van der Waals surface area contributed by atoms with Gasteiger partial charge in [-0.05, 0) is 29.8 Å². The average molecular weight is 336 g/mol. The maximum absolute atomic E-state index is 5.93. The number of fused-ring (bicyclic) bond motifs is 1. The zero-order valence-electron chi connectivity index (χ0n) is 10.8. The van der Waals surface area contributed by atoms with Gasteiger partial charge in [0.2, 0.25) is 6.79 Å². The molecular formula is C15H14BrNO3. The third-order valence-corrected chi connectivity index (χ3v) is 3.85. The molecule has 0 bridgehead atoms. The number of rotatable bonds is 4. The van der Waals surface area contributed by atoms with Crippen molar-refractivity contribution in [1.29, 1.82) is 0 Å². The summed E-state index contributed by atoms with van der Waals surface area (Å²) in [6.45, 7) is 1.24. The number of hydrogen-bond acceptors (Lipinski definition) is 4. The first-order valence-electron chi connectivity index (χ1n) is 6.23. The van der Waals surface area contributed by atoms with E-state index >= 15 is 0 Å². The van der Waals surface area contributed by atoms with E-state index in [4.69, 9.17) is 19.9 Å². The van der Waals surface area contributed by atoms with Crippen LogP contribution in [-0.4, -0.2) is 6.79 Å². The molecule has 0 radical (unpaired) electrons. The van der Waals surface area contributed by atoms with E-state index in [0.717, 1.165) is 32.8 Å². The fraction of sp³-hybridized carbons (Fsp3) is 0.200. The first-order valence-corrected chi connectivity index (χ1v) is 7.02. The number of nitrogen functional groups attached to an aromatic ring is 1. The third-order valence-electron chi connectivity index (χ3n) is 3.11. The van der Waals surface area contributed by atoms with Crippen molar-refractivity contribution in [3.05, 3.63) is 52.0 Å². The molecule has 0 saturated carbocycles. The van der Waals surface area contributed by atoms with E-state index in [-0.39, 0.29) is 6.79 Å². The Morgan fingerprint density at radius 1 is 1.10 bits per heavy atom. The summed E-state index contributed by atoms with van der Waals surface area (Å²) in [7, 11) is 0. The minimum absolute atomic E-state index is 0.285. The molecule has 3 rings (SSSR count). The van der Waals surface area contributed by atoms with Gasteiger partial charge in [-0.3, -0.25) is 0 Å². The lowest BCUT2D eigenvalue weighted by atomic mass is 10.2. The maximum Gasteiger partial charge on any atom is 0.231 e. The van der Waals surface area contributed by atoms with Crippen molar-refractivity contribution in [1.82, 2.24) is 0 Å². The zero-order chi connectivity index (χ0) is 13.9. The van der Waals surface area contributed by atoms with Gasteiger partial charge in [0.1, 0.15) is 0 Å². The molecule has 1 aliphatic rings. The average Bonchev–Trinajstić information content (AvgIpc) is 2.89. The van der Waals surface area contributed by atoms with Crippen LogP contribution in [0.25, 0.3) is 0 Å². The van der Waals surface area contributed by atoms with Gasteiger partial charge in [-0.15, -0.1) is 0 Å². The lowest BCUT2D eigenvalue weighted by molar-refractivity contribution is 0.107. The van der Waals surface area contributed by atoms with Gasteiger partial charge in [-0.2, -0.15) is 0 Å². The second-order valence-electron chi connectivity index (χ2n) is 4.49. The molecule has 2 aromatic rings. The molecule has 4 nitrogen and oxygen atoms in total. The van der Waals surface area contributed by atoms with Gasteiger partial charge in [0.15, 0.2) is 11.5 Å². The van der Waals surface area contributed by atoms with Gasteiger partial charge in [-0.1, -0.05) is 28.1 Å². The largest absolute Gasteiger partial charge is 0.454 e. The summed E-state index contributed by atoms with van der Waals surface area (Å²) in [5.74, 6) is 1.55. The molecule has 0 atom stereocenters. The van der Waals surface area contributed by atoms with Crippen molar-refractivity contribution in [3.8, 4) is 11.5 Å². The number of halogens is 1. The van der Waals surface area contributed by atoms with E-state index in [1.165, 1.54) is 0 Å². The van der Waals surface area contributed by atoms with E-state index < -0.39 is 0 Å². The normalized spacial score (nSPS) is 12.7. The van der Waals surface area contributed by atoms with Crippen LogP contribution in [0.3, 0.4) is 0 Å². The van der Waals surface area contributed by atoms with E-state index in [9.17, 15) is 0 Å². The Morgan fingerprint density at radius 2 is 1.95 bits per heavy atom. The van der Waals surface area contributed by atoms with Crippen LogP contribution < -0.4 is 15.2 Å². The Hall–Kier alpha value is -1.72. The summed E-state index contributed by atoms with van der Waals surface area (Å²) in [4.78, 5) is 0. The van der Waals surface area contributed by atoms with Crippen molar-refractivity contribution in [2.75, 3.05) is 12.5 Å². The quantitative estimate of drug-likeness (QED) is 0.869. The van der Waals surface area contributed by atoms with E-state index in [1.807, 2.05) is 36.4 Å². The Morgan fingerprint density at radius 3 is 2.80 bits per heavy atom. The lowest BCUT2D eigenvalue weighted by Crippen LogP contribution is -1.99. The van der Waals surface area contributed by atoms with Crippen LogP contribution in [0.5, 0.6) is 11.5 Å². The standard InChI is InChI=1S/C15H14BrNO3/c16-12-2-1-3-13(17)11(12)8-18-7-10-4-5-14-15(6-10)20-9-19-14/h1-6H,7-9,17H2. The van der Waals surface area contributed by atoms with E-state index in [0.29, 0.717) is 13.2 Å². The second-order valence-corrected chi connectivity index (χ2v) is 5.34. The smallest absolute Gasteiger partial charge is 0.231 e. The zero-order valence-corrected chi connectivity index (χ0v) is 12.4. The summed E-state index contributed by atoms with van der Waals surface area (Å²) in [6.07, 6.45) is 0. The van der Waals surface area contributed by atoms with Crippen molar-refractivity contribution in [2.45, 2.75) is 13.2 Å². The second kappa shape index (κ2) is 5.73. The van der Waals surface area contributed by atoms with E-state index in [1.54, 1.807) is 0 Å². The minimum atomic E-state index is 0.285. The van der Waals surface area contributed by atoms with Crippen LogP contribution in [0, 0.1) is 0 Å². The highest BCUT2D eigenvalue weighted by Crippen LogP contribution is 2.32. The Kier molecular flexibility index (Phi) is 3.80. The molecule has 0 fully saturated rings. The lowest BCUT2D eigenvalue weighted by Gasteiger charge is -2.09. The van der Waals surface area contributed by atoms with Crippen molar-refractivity contribution in [3.63, 3.8) is 0 Å². The SMILES string of the molecule is Nc1cccc(Br)c1COCc1ccc2c(c1)OCO2. The summed E-state index contributed by atoms with van der Waals surface area (Å²) >= 11 is 3.48. The molecule has 104 valence electrons. The molecule has 20 heavy (non-hydrogen) atoms. The van der Waals surface area contributed by atoms with Gasteiger partial charge in [0, 0.05) is 15.7 Å². The summed E-state index contributed by atoms with van der Waals surface area (Å²) in [5.41, 5.74) is 8.66. The molecule has 1 heterocycles. The van der Waals surface area contributed by atoms with Gasteiger partial charge in [-0.25, -0.2) is 0 Å². The molecule has 0 saturated heterocycles. The molecule has 2 aromatic carbocycles. The first-order chi connectivity index (χ1) is 9.74. The van der Waals surface area contributed by atoms with Crippen molar-refractivity contribution >= 4 is 21.6 Å². The molecule has 2 N–H and O–H groups in total. The van der Waals surface area contributed by atoms with Gasteiger partial charge in [0.05, 0.1) is 13.2 Å². The molecule has 0 aliphatic carbocycles. The predicted molar refractivity (Wildman–Crippen MR) is 79.6 cm³/mol. The fourth-order valence-electron chi connectivity index (χ4n) is 2.03. The number of benzene rings is 2. The summed E-state index contributed by atoms with van der Waals surface area (Å²) in [6, 6.07) is 11.5. The molecule has 0 aromatic heterocycles. The molecule has 0 amide bonds. The fourth-order valence-corrected chi connectivity index (χ4v) is 2.53. The third kappa shape index (κ3) is 2.73. The van der Waals surface area contributed by atoms with Crippen LogP contribution in [0.4, 0.5) is 5.69 Å². The maximum atomic E-state index is 5.93. The van der Waals surface area contributed by atoms with Crippen LogP contribution in [0.15, 0.2) is 40.9 Å². The Labute approximate surface area is 125 Å². The number of anilines is 1. The summed E-state index contributed by atoms with van der Waals surface area (Å²) in [5, 5.41) is 0. The summed E-state index contributed by atoms with van der Waals surface area (Å²) < 4.78 is 17.3. The van der Waals surface area contributed by atoms with Crippen LogP contribution in [0.2, 0.25) is 0 Å². The van der Waals surface area contributed by atoms with E-state index in [2.05, 4.69) is 15.9 Å². The van der Waals surface area contributed by atoms with Gasteiger partial charge < -0.3 is 19.9 Å². The van der Waals surface area contributed by atoms with Crippen LogP contribution in [-0.2, 0) is 18.0 Å². The van der Waals surface area contributed by atoms with Crippen molar-refractivity contribution < 1.29 is 14.2 Å². The van der Waals surface area contributed by atoms with Crippen molar-refractivity contribution in [2.24, 2.45) is 0 Å². The Bertz CT molecular complexity index is 610. The molecule has 0 spiro atoms. The highest BCUT2D eigenvalue weighted by Gasteiger charge is 2.13. The molecule has 1 aliphatic heterocycles. The molecule has 0 unspecified atom stereocenters. The highest BCUT2D eigenvalue weighted by molar-refractivity contribution is 9.10. The molecular weight excluding hydrogens is 322 g/mol. The topological polar surface area (TPSA) is 53.7 Å². The first kappa shape index (κ1) is 13.3.